The van der Waals surface area contributed by atoms with Gasteiger partial charge in [-0.05, 0) is 53.5 Å². The Hall–Kier alpha value is -0.0631. The van der Waals surface area contributed by atoms with Crippen LogP contribution >= 0.6 is 0 Å². The maximum absolute atomic E-state index is 5.85. The summed E-state index contributed by atoms with van der Waals surface area (Å²) in [5.74, 6) is 9.54. The van der Waals surface area contributed by atoms with Crippen molar-refractivity contribution in [3.63, 3.8) is 0 Å². The summed E-state index contributed by atoms with van der Waals surface area (Å²) in [4.78, 5) is 0. The predicted molar refractivity (Wildman–Crippen MR) is 116 cm³/mol. The van der Waals surface area contributed by atoms with Crippen LogP contribution in [0.15, 0.2) is 12.1 Å². The molecule has 0 spiro atoms. The van der Waals surface area contributed by atoms with Crippen LogP contribution in [0.5, 0.6) is 5.75 Å². The van der Waals surface area contributed by atoms with Gasteiger partial charge >= 0.3 is 0 Å². The van der Waals surface area contributed by atoms with Gasteiger partial charge in [-0.3, -0.25) is 0 Å². The number of benzene rings is 1. The Morgan fingerprint density at radius 3 is 1.79 bits per heavy atom. The summed E-state index contributed by atoms with van der Waals surface area (Å²) in [6.07, 6.45) is 5.77. The van der Waals surface area contributed by atoms with Crippen LogP contribution in [0.25, 0.3) is 0 Å². The van der Waals surface area contributed by atoms with Crippen LogP contribution in [0.1, 0.15) is 36.8 Å². The zero-order valence-corrected chi connectivity index (χ0v) is 18.6. The van der Waals surface area contributed by atoms with E-state index in [1.165, 1.54) is 71.5 Å². The van der Waals surface area contributed by atoms with E-state index < -0.39 is 8.07 Å². The summed E-state index contributed by atoms with van der Waals surface area (Å²) in [5, 5.41) is 1.71. The van der Waals surface area contributed by atoms with Crippen LogP contribution in [0.2, 0.25) is 19.6 Å². The molecule has 2 saturated heterocycles. The van der Waals surface area contributed by atoms with Crippen molar-refractivity contribution >= 4 is 35.1 Å². The van der Waals surface area contributed by atoms with E-state index in [4.69, 9.17) is 4.74 Å². The lowest BCUT2D eigenvalue weighted by atomic mass is 10.1. The van der Waals surface area contributed by atoms with Gasteiger partial charge in [0.05, 0.1) is 15.2 Å². The van der Waals surface area contributed by atoms with Gasteiger partial charge in [-0.15, -0.1) is 0 Å². The largest absolute Gasteiger partial charge is 0.496 e. The minimum atomic E-state index is -1.32. The molecule has 0 aliphatic carbocycles. The molecule has 1 aromatic rings. The Labute approximate surface area is 155 Å². The van der Waals surface area contributed by atoms with Gasteiger partial charge in [0.15, 0.2) is 0 Å². The van der Waals surface area contributed by atoms with E-state index in [1.54, 1.807) is 10.8 Å². The molecule has 0 radical (unpaired) electrons. The molecule has 2 aliphatic heterocycles. The minimum Gasteiger partial charge on any atom is -0.496 e. The van der Waals surface area contributed by atoms with E-state index in [-0.39, 0.29) is 0 Å². The molecule has 24 heavy (non-hydrogen) atoms. The van der Waals surface area contributed by atoms with Crippen molar-refractivity contribution in [2.45, 2.75) is 56.8 Å². The second kappa shape index (κ2) is 8.09. The summed E-state index contributed by atoms with van der Waals surface area (Å²) < 4.78 is 5.85. The van der Waals surface area contributed by atoms with Gasteiger partial charge in [-0.25, -0.2) is 0 Å². The van der Waals surface area contributed by atoms with E-state index in [1.807, 2.05) is 7.11 Å². The van der Waals surface area contributed by atoms with Crippen molar-refractivity contribution in [1.29, 1.82) is 0 Å². The van der Waals surface area contributed by atoms with Crippen LogP contribution in [-0.4, -0.2) is 38.2 Å². The van der Waals surface area contributed by atoms with Crippen LogP contribution in [0.4, 0.5) is 0 Å². The Morgan fingerprint density at radius 1 is 0.833 bits per heavy atom. The summed E-state index contributed by atoms with van der Waals surface area (Å²) in [5.41, 5.74) is 3.12. The van der Waals surface area contributed by atoms with E-state index in [0.717, 1.165) is 0 Å². The van der Waals surface area contributed by atoms with Crippen molar-refractivity contribution in [1.82, 2.24) is 0 Å². The number of methoxy groups -OCH3 is 1. The highest BCUT2D eigenvalue weighted by molar-refractivity contribution is 7.96. The first-order valence-electron chi connectivity index (χ1n) is 9.46. The maximum atomic E-state index is 5.85. The molecule has 1 aromatic carbocycles. The fourth-order valence-corrected chi connectivity index (χ4v) is 10.6. The molecule has 0 aromatic heterocycles. The van der Waals surface area contributed by atoms with E-state index >= 15 is 0 Å². The maximum Gasteiger partial charge on any atom is 0.136 e. The minimum absolute atomic E-state index is 0.601. The highest BCUT2D eigenvalue weighted by Crippen LogP contribution is 2.29. The second-order valence-corrected chi connectivity index (χ2v) is 18.0. The molecule has 0 N–H and O–H groups in total. The standard InChI is InChI=1S/C20H34OS2Si/c1-21-19-13-18(16-23-11-7-8-12-23)20(24(2,3)4)14-17(19)15-22-9-5-6-10-22/h13-14H,5-12,15-16H2,1-4H3/q+2. The van der Waals surface area contributed by atoms with Crippen molar-refractivity contribution in [3.05, 3.63) is 23.3 Å². The van der Waals surface area contributed by atoms with Crippen molar-refractivity contribution < 1.29 is 4.74 Å². The summed E-state index contributed by atoms with van der Waals surface area (Å²) >= 11 is 0. The number of rotatable bonds is 6. The fourth-order valence-electron chi connectivity index (χ4n) is 3.94. The molecule has 1 nitrogen and oxygen atoms in total. The van der Waals surface area contributed by atoms with Gasteiger partial charge in [0, 0.05) is 11.1 Å². The Balaban J connectivity index is 1.91. The Kier molecular flexibility index (Phi) is 6.31. The zero-order valence-electron chi connectivity index (χ0n) is 16.0. The van der Waals surface area contributed by atoms with Crippen molar-refractivity contribution in [2.75, 3.05) is 30.1 Å². The van der Waals surface area contributed by atoms with Gasteiger partial charge in [0.1, 0.15) is 40.3 Å². The molecule has 2 heterocycles. The Bertz CT molecular complexity index is 555. The number of ether oxygens (including phenoxy) is 1. The SMILES string of the molecule is COc1cc(C[S+]2CCCC2)c([Si](C)(C)C)cc1C[S+]1CCCC1. The number of hydrogen-bond donors (Lipinski definition) is 0. The quantitative estimate of drug-likeness (QED) is 0.532. The summed E-state index contributed by atoms with van der Waals surface area (Å²) in [6.45, 7) is 7.53. The molecule has 0 saturated carbocycles. The van der Waals surface area contributed by atoms with Crippen molar-refractivity contribution in [3.8, 4) is 5.75 Å². The average Bonchev–Trinajstić information content (AvgIpc) is 3.21. The van der Waals surface area contributed by atoms with Gasteiger partial charge in [0.25, 0.3) is 0 Å². The van der Waals surface area contributed by atoms with Gasteiger partial charge in [-0.2, -0.15) is 0 Å². The average molecular weight is 383 g/mol. The van der Waals surface area contributed by atoms with Crippen LogP contribution in [0.3, 0.4) is 0 Å². The fraction of sp³-hybridized carbons (Fsp3) is 0.700. The van der Waals surface area contributed by atoms with Crippen molar-refractivity contribution in [2.24, 2.45) is 0 Å². The molecule has 0 unspecified atom stereocenters. The lowest BCUT2D eigenvalue weighted by Gasteiger charge is -2.23. The van der Waals surface area contributed by atoms with E-state index in [2.05, 4.69) is 31.8 Å². The molecule has 2 fully saturated rings. The van der Waals surface area contributed by atoms with Crippen LogP contribution < -0.4 is 9.92 Å². The molecule has 3 rings (SSSR count). The smallest absolute Gasteiger partial charge is 0.136 e. The van der Waals surface area contributed by atoms with Gasteiger partial charge in [-0.1, -0.05) is 30.9 Å². The molecular formula is C20H34OS2Si+2. The normalized spacial score (nSPS) is 20.0. The lowest BCUT2D eigenvalue weighted by molar-refractivity contribution is 0.411. The van der Waals surface area contributed by atoms with E-state index in [9.17, 15) is 0 Å². The van der Waals surface area contributed by atoms with Gasteiger partial charge < -0.3 is 4.74 Å². The Morgan fingerprint density at radius 2 is 1.33 bits per heavy atom. The first-order chi connectivity index (χ1) is 11.5. The third-order valence-electron chi connectivity index (χ3n) is 5.27. The molecular weight excluding hydrogens is 348 g/mol. The summed E-state index contributed by atoms with van der Waals surface area (Å²) in [6, 6.07) is 5.01. The molecule has 134 valence electrons. The molecule has 2 aliphatic rings. The highest BCUT2D eigenvalue weighted by atomic mass is 32.2. The second-order valence-electron chi connectivity index (χ2n) is 8.32. The monoisotopic (exact) mass is 382 g/mol. The molecule has 4 heteroatoms. The summed E-state index contributed by atoms with van der Waals surface area (Å²) in [7, 11) is 1.77. The third kappa shape index (κ3) is 4.56. The van der Waals surface area contributed by atoms with Crippen LogP contribution in [-0.2, 0) is 33.3 Å². The molecule has 0 bridgehead atoms. The lowest BCUT2D eigenvalue weighted by Crippen LogP contribution is -2.41. The molecule has 0 atom stereocenters. The topological polar surface area (TPSA) is 9.23 Å². The first kappa shape index (κ1) is 18.7. The number of hydrogen-bond acceptors (Lipinski definition) is 1. The van der Waals surface area contributed by atoms with Gasteiger partial charge in [0.2, 0.25) is 0 Å². The third-order valence-corrected chi connectivity index (χ3v) is 12.2. The predicted octanol–water partition coefficient (Wildman–Crippen LogP) is 4.06. The molecule has 0 amide bonds. The zero-order chi connectivity index (χ0) is 17.2. The highest BCUT2D eigenvalue weighted by Gasteiger charge is 2.31. The van der Waals surface area contributed by atoms with Crippen LogP contribution in [0, 0.1) is 0 Å². The van der Waals surface area contributed by atoms with E-state index in [0.29, 0.717) is 21.8 Å². The first-order valence-corrected chi connectivity index (χ1v) is 16.4.